The van der Waals surface area contributed by atoms with Crippen molar-refractivity contribution in [2.24, 2.45) is 0 Å². The number of carbonyl (C=O) groups excluding carboxylic acids is 2. The van der Waals surface area contributed by atoms with E-state index < -0.39 is 22.8 Å². The van der Waals surface area contributed by atoms with Crippen LogP contribution in [-0.2, 0) is 40.0 Å². The van der Waals surface area contributed by atoms with Gasteiger partial charge in [-0.05, 0) is 0 Å². The summed E-state index contributed by atoms with van der Waals surface area (Å²) in [6.45, 7) is 13.4. The third-order valence-corrected chi connectivity index (χ3v) is 11.3. The number of benzene rings is 4. The number of fused-ring (bicyclic) bond motifs is 3. The number of carbonyl (C=O) groups is 2. The third-order valence-electron chi connectivity index (χ3n) is 7.53. The predicted molar refractivity (Wildman–Crippen MR) is 158 cm³/mol. The van der Waals surface area contributed by atoms with E-state index in [1.165, 1.54) is 36.7 Å². The Morgan fingerprint density at radius 3 is 1.63 bits per heavy atom. The summed E-state index contributed by atoms with van der Waals surface area (Å²) in [7, 11) is 0. The van der Waals surface area contributed by atoms with Crippen LogP contribution in [0.5, 0.6) is 0 Å². The molecular weight excluding hydrogens is 627 g/mol. The minimum absolute atomic E-state index is 0. The van der Waals surface area contributed by atoms with Gasteiger partial charge < -0.3 is 24.8 Å². The molecule has 0 bridgehead atoms. The summed E-state index contributed by atoms with van der Waals surface area (Å²) in [6.07, 6.45) is 0.848. The van der Waals surface area contributed by atoms with Crippen LogP contribution < -0.4 is 28.1 Å². The van der Waals surface area contributed by atoms with Gasteiger partial charge in [-0.3, -0.25) is 0 Å². The molecule has 0 atom stereocenters. The van der Waals surface area contributed by atoms with Gasteiger partial charge in [0.1, 0.15) is 0 Å². The summed E-state index contributed by atoms with van der Waals surface area (Å²) in [5.41, 5.74) is 8.93. The molecule has 0 fully saturated rings. The monoisotopic (exact) mass is 659 g/mol. The van der Waals surface area contributed by atoms with Crippen LogP contribution >= 0.6 is 0 Å². The third kappa shape index (κ3) is 6.80. The SMILES string of the molecule is CC(C)(C)c1ccc2c(c1)Cc1c-2ccc(C(C)(C)C)[c]1[Zr+2]=[C](C(=O)c1ccccc1)C(=O)c1ccccc1.[Cl-].[Cl-]. The van der Waals surface area contributed by atoms with E-state index in [0.717, 1.165) is 6.42 Å². The molecule has 1 aliphatic rings. The number of ketones is 2. The summed E-state index contributed by atoms with van der Waals surface area (Å²) in [5.74, 6) is -0.252. The van der Waals surface area contributed by atoms with Crippen LogP contribution in [0, 0.1) is 0 Å². The van der Waals surface area contributed by atoms with Gasteiger partial charge in [0, 0.05) is 0 Å². The minimum atomic E-state index is -1.84. The fourth-order valence-corrected chi connectivity index (χ4v) is 9.58. The smallest absolute Gasteiger partial charge is 1.00 e. The van der Waals surface area contributed by atoms with Gasteiger partial charge in [-0.2, -0.15) is 0 Å². The number of halogens is 2. The van der Waals surface area contributed by atoms with Gasteiger partial charge in [0.25, 0.3) is 0 Å². The van der Waals surface area contributed by atoms with Crippen molar-refractivity contribution in [2.75, 3.05) is 0 Å². The Balaban J connectivity index is 0.00000231. The molecule has 0 saturated carbocycles. The first-order chi connectivity index (χ1) is 18.4. The van der Waals surface area contributed by atoms with Gasteiger partial charge in [0.2, 0.25) is 0 Å². The minimum Gasteiger partial charge on any atom is -1.00 e. The molecule has 0 heterocycles. The quantitative estimate of drug-likeness (QED) is 0.212. The molecule has 4 aromatic carbocycles. The first kappa shape index (κ1) is 33.1. The maximum absolute atomic E-state index is 14.0. The number of Topliss-reactive ketones (excluding diaryl/α,β-unsaturated/α-hetero) is 2. The van der Waals surface area contributed by atoms with Gasteiger partial charge in [0.05, 0.1) is 0 Å². The van der Waals surface area contributed by atoms with E-state index in [0.29, 0.717) is 14.3 Å². The van der Waals surface area contributed by atoms with Crippen molar-refractivity contribution in [3.05, 3.63) is 124 Å². The van der Waals surface area contributed by atoms with Crippen LogP contribution in [-0.4, -0.2) is 14.8 Å². The molecule has 209 valence electrons. The van der Waals surface area contributed by atoms with Gasteiger partial charge in [0.15, 0.2) is 0 Å². The summed E-state index contributed by atoms with van der Waals surface area (Å²) in [5, 5.41) is 0. The first-order valence-electron chi connectivity index (χ1n) is 13.6. The van der Waals surface area contributed by atoms with Crippen molar-refractivity contribution in [2.45, 2.75) is 58.8 Å². The Labute approximate surface area is 267 Å². The van der Waals surface area contributed by atoms with Crippen LogP contribution in [0.25, 0.3) is 11.1 Å². The molecule has 41 heavy (non-hydrogen) atoms. The normalized spacial score (nSPS) is 11.8. The molecule has 0 aromatic heterocycles. The maximum atomic E-state index is 14.0. The van der Waals surface area contributed by atoms with Crippen molar-refractivity contribution < 1.29 is 57.2 Å². The van der Waals surface area contributed by atoms with Gasteiger partial charge >= 0.3 is 245 Å². The molecule has 4 aromatic rings. The molecular formula is C36H35Cl2O2Zr. The standard InChI is InChI=1S/C21H25.C15H10O2.2ClH.Zr/c1-20(2,3)16-7-9-18-14(12-16)11-15-13-17(21(4,5)6)8-10-19(15)18;16-14(12-7-3-1-4-8-12)11-15(17)13-9-5-2-6-10-13;;;/h7-10,12H,11H2,1-6H3;1-10H;2*1H;/q;;;;+2/p-2. The molecule has 0 N–H and O–H groups in total. The van der Waals surface area contributed by atoms with Crippen molar-refractivity contribution in [1.82, 2.24) is 0 Å². The van der Waals surface area contributed by atoms with Crippen LogP contribution in [0.2, 0.25) is 0 Å². The second-order valence-corrected chi connectivity index (χ2v) is 15.5. The second-order valence-electron chi connectivity index (χ2n) is 12.5. The molecule has 0 unspecified atom stereocenters. The first-order valence-corrected chi connectivity index (χ1v) is 16.0. The molecule has 5 rings (SSSR count). The van der Waals surface area contributed by atoms with E-state index in [4.69, 9.17) is 0 Å². The van der Waals surface area contributed by atoms with Gasteiger partial charge in [-0.25, -0.2) is 0 Å². The second kappa shape index (κ2) is 12.8. The molecule has 1 aliphatic carbocycles. The Bertz CT molecular complexity index is 1560. The largest absolute Gasteiger partial charge is 1.00 e. The van der Waals surface area contributed by atoms with Gasteiger partial charge in [-0.1, -0.05) is 0 Å². The zero-order chi connectivity index (χ0) is 27.9. The number of hydrogen-bond donors (Lipinski definition) is 0. The zero-order valence-corrected chi connectivity index (χ0v) is 28.4. The van der Waals surface area contributed by atoms with Crippen molar-refractivity contribution in [3.8, 4) is 11.1 Å². The van der Waals surface area contributed by atoms with Crippen LogP contribution in [0.15, 0.2) is 91.0 Å². The van der Waals surface area contributed by atoms with Crippen LogP contribution in [0.4, 0.5) is 0 Å². The summed E-state index contributed by atoms with van der Waals surface area (Å²) < 4.78 is 1.77. The van der Waals surface area contributed by atoms with E-state index in [2.05, 4.69) is 71.9 Å². The molecule has 2 nitrogen and oxygen atoms in total. The van der Waals surface area contributed by atoms with Crippen LogP contribution in [0.3, 0.4) is 0 Å². The molecule has 0 amide bonds. The Hall–Kier alpha value is -2.45. The van der Waals surface area contributed by atoms with E-state index in [9.17, 15) is 9.59 Å². The fourth-order valence-electron chi connectivity index (χ4n) is 5.32. The summed E-state index contributed by atoms with van der Waals surface area (Å²) in [4.78, 5) is 28.0. The molecule has 0 spiro atoms. The molecule has 5 heteroatoms. The average molecular weight is 662 g/mol. The predicted octanol–water partition coefficient (Wildman–Crippen LogP) is 1.51. The number of rotatable bonds is 5. The zero-order valence-electron chi connectivity index (χ0n) is 24.4. The maximum Gasteiger partial charge on any atom is -1.00 e. The van der Waals surface area contributed by atoms with Crippen molar-refractivity contribution in [1.29, 1.82) is 0 Å². The van der Waals surface area contributed by atoms with Crippen LogP contribution in [0.1, 0.15) is 84.5 Å². The van der Waals surface area contributed by atoms with E-state index in [1.54, 1.807) is 0 Å². The Morgan fingerprint density at radius 2 is 1.15 bits per heavy atom. The Kier molecular flexibility index (Phi) is 10.3. The van der Waals surface area contributed by atoms with E-state index >= 15 is 0 Å². The fraction of sp³-hybridized carbons (Fsp3) is 0.250. The Morgan fingerprint density at radius 1 is 0.634 bits per heavy atom. The van der Waals surface area contributed by atoms with Gasteiger partial charge in [-0.15, -0.1) is 0 Å². The summed E-state index contributed by atoms with van der Waals surface area (Å²) >= 11 is -1.84. The average Bonchev–Trinajstić information content (AvgIpc) is 3.29. The van der Waals surface area contributed by atoms with Crippen molar-refractivity contribution >= 4 is 18.0 Å². The van der Waals surface area contributed by atoms with Crippen molar-refractivity contribution in [3.63, 3.8) is 0 Å². The molecule has 0 aliphatic heterocycles. The molecule has 0 saturated heterocycles. The van der Waals surface area contributed by atoms with E-state index in [1.807, 2.05) is 60.7 Å². The number of hydrogen-bond acceptors (Lipinski definition) is 2. The topological polar surface area (TPSA) is 34.1 Å². The summed E-state index contributed by atoms with van der Waals surface area (Å²) in [6, 6.07) is 30.0. The van der Waals surface area contributed by atoms with E-state index in [-0.39, 0.29) is 47.2 Å². The molecule has 0 radical (unpaired) electrons.